The molecule has 33 heavy (non-hydrogen) atoms. The van der Waals surface area contributed by atoms with Crippen LogP contribution in [0.5, 0.6) is 5.75 Å². The summed E-state index contributed by atoms with van der Waals surface area (Å²) in [6, 6.07) is 6.58. The fourth-order valence-corrected chi connectivity index (χ4v) is 3.85. The second-order valence-electron chi connectivity index (χ2n) is 7.80. The fourth-order valence-electron chi connectivity index (χ4n) is 3.85. The van der Waals surface area contributed by atoms with Crippen LogP contribution in [0.4, 0.5) is 25.8 Å². The molecule has 3 aromatic rings. The number of amides is 1. The van der Waals surface area contributed by atoms with Crippen molar-refractivity contribution in [1.82, 2.24) is 9.97 Å². The summed E-state index contributed by atoms with van der Waals surface area (Å²) in [6.45, 7) is 1.46. The normalized spacial score (nSPS) is 15.9. The Kier molecular flexibility index (Phi) is 6.36. The topological polar surface area (TPSA) is 119 Å². The van der Waals surface area contributed by atoms with Crippen molar-refractivity contribution in [1.29, 1.82) is 0 Å². The minimum Gasteiger partial charge on any atom is -0.494 e. The second kappa shape index (κ2) is 9.37. The highest BCUT2D eigenvalue weighted by atomic mass is 19.1. The summed E-state index contributed by atoms with van der Waals surface area (Å²) in [5.74, 6) is -2.32. The van der Waals surface area contributed by atoms with Gasteiger partial charge in [0.15, 0.2) is 17.3 Å². The van der Waals surface area contributed by atoms with Gasteiger partial charge in [-0.15, -0.1) is 0 Å². The summed E-state index contributed by atoms with van der Waals surface area (Å²) >= 11 is 0. The zero-order valence-electron chi connectivity index (χ0n) is 18.0. The van der Waals surface area contributed by atoms with E-state index in [1.54, 1.807) is 12.3 Å². The highest BCUT2D eigenvalue weighted by Gasteiger charge is 2.22. The number of carbonyl (C=O) groups excluding carboxylic acids is 1. The van der Waals surface area contributed by atoms with E-state index in [1.807, 2.05) is 0 Å². The third kappa shape index (κ3) is 4.70. The molecule has 1 amide bonds. The molecule has 1 saturated heterocycles. The predicted octanol–water partition coefficient (Wildman–Crippen LogP) is 3.19. The van der Waals surface area contributed by atoms with Crippen LogP contribution in [0.25, 0.3) is 11.3 Å². The Morgan fingerprint density at radius 2 is 2.06 bits per heavy atom. The molecule has 0 aliphatic carbocycles. The molecule has 3 heterocycles. The quantitative estimate of drug-likeness (QED) is 0.542. The molecule has 2 aromatic heterocycles. The highest BCUT2D eigenvalue weighted by Crippen LogP contribution is 2.30. The number of nitrogen functional groups attached to an aromatic ring is 1. The smallest absolute Gasteiger partial charge is 0.276 e. The number of hydrogen-bond acceptors (Lipinski definition) is 7. The van der Waals surface area contributed by atoms with Crippen molar-refractivity contribution in [2.45, 2.75) is 18.9 Å². The van der Waals surface area contributed by atoms with Crippen LogP contribution in [0.15, 0.2) is 42.7 Å². The molecular formula is C23H24F2N6O2. The van der Waals surface area contributed by atoms with Crippen molar-refractivity contribution in [3.8, 4) is 17.0 Å². The van der Waals surface area contributed by atoms with Gasteiger partial charge in [0.2, 0.25) is 0 Å². The summed E-state index contributed by atoms with van der Waals surface area (Å²) in [7, 11) is 1.24. The third-order valence-electron chi connectivity index (χ3n) is 5.50. The molecule has 0 unspecified atom stereocenters. The van der Waals surface area contributed by atoms with Crippen LogP contribution in [0, 0.1) is 11.6 Å². The van der Waals surface area contributed by atoms with Crippen molar-refractivity contribution in [2.75, 3.05) is 36.1 Å². The Morgan fingerprint density at radius 1 is 1.24 bits per heavy atom. The number of halogens is 2. The van der Waals surface area contributed by atoms with Gasteiger partial charge < -0.3 is 26.4 Å². The Bertz CT molecular complexity index is 1190. The van der Waals surface area contributed by atoms with E-state index in [2.05, 4.69) is 20.2 Å². The summed E-state index contributed by atoms with van der Waals surface area (Å²) < 4.78 is 33.5. The van der Waals surface area contributed by atoms with E-state index in [0.29, 0.717) is 12.2 Å². The van der Waals surface area contributed by atoms with Crippen LogP contribution in [0.3, 0.4) is 0 Å². The number of nitrogens with two attached hydrogens (primary N) is 2. The number of nitrogens with one attached hydrogen (secondary N) is 1. The number of anilines is 3. The maximum atomic E-state index is 14.5. The Labute approximate surface area is 189 Å². The van der Waals surface area contributed by atoms with Crippen LogP contribution >= 0.6 is 0 Å². The minimum atomic E-state index is -0.752. The monoisotopic (exact) mass is 454 g/mol. The van der Waals surface area contributed by atoms with E-state index in [1.165, 1.54) is 25.4 Å². The van der Waals surface area contributed by atoms with Gasteiger partial charge in [0.25, 0.3) is 5.91 Å². The lowest BCUT2D eigenvalue weighted by molar-refractivity contribution is 0.102. The van der Waals surface area contributed by atoms with Gasteiger partial charge in [0.05, 0.1) is 36.1 Å². The van der Waals surface area contributed by atoms with Gasteiger partial charge in [-0.05, 0) is 37.1 Å². The average Bonchev–Trinajstić information content (AvgIpc) is 2.81. The number of methoxy groups -OCH3 is 1. The highest BCUT2D eigenvalue weighted by molar-refractivity contribution is 6.07. The first-order valence-electron chi connectivity index (χ1n) is 10.4. The molecule has 10 heteroatoms. The summed E-state index contributed by atoms with van der Waals surface area (Å²) in [6.07, 6.45) is 5.06. The molecule has 1 aliphatic rings. The first kappa shape index (κ1) is 22.4. The van der Waals surface area contributed by atoms with Crippen LogP contribution in [-0.4, -0.2) is 42.1 Å². The largest absolute Gasteiger partial charge is 0.494 e. The Hall–Kier alpha value is -3.79. The molecule has 0 bridgehead atoms. The molecular weight excluding hydrogens is 430 g/mol. The SMILES string of the molecule is COc1cc(F)c(-c2ccc(N)c(C(=O)Nc3cnccc3N3CCC[C@H](N)C3)n2)cc1F. The van der Waals surface area contributed by atoms with Gasteiger partial charge in [-0.25, -0.2) is 13.8 Å². The van der Waals surface area contributed by atoms with Crippen molar-refractivity contribution in [3.05, 3.63) is 60.1 Å². The Balaban J connectivity index is 1.64. The molecule has 1 fully saturated rings. The number of ether oxygens (including phenoxy) is 1. The van der Waals surface area contributed by atoms with Gasteiger partial charge in [-0.3, -0.25) is 9.78 Å². The number of hydrogen-bond donors (Lipinski definition) is 3. The molecule has 1 aromatic carbocycles. The fraction of sp³-hybridized carbons (Fsp3) is 0.261. The van der Waals surface area contributed by atoms with Crippen molar-refractivity contribution < 1.29 is 18.3 Å². The number of benzene rings is 1. The van der Waals surface area contributed by atoms with E-state index in [4.69, 9.17) is 16.2 Å². The van der Waals surface area contributed by atoms with Crippen LogP contribution in [-0.2, 0) is 0 Å². The molecule has 1 atom stereocenters. The zero-order chi connectivity index (χ0) is 23.5. The van der Waals surface area contributed by atoms with Gasteiger partial charge in [-0.2, -0.15) is 0 Å². The van der Waals surface area contributed by atoms with Gasteiger partial charge >= 0.3 is 0 Å². The summed E-state index contributed by atoms with van der Waals surface area (Å²) in [5, 5.41) is 2.79. The molecule has 5 N–H and O–H groups in total. The first-order chi connectivity index (χ1) is 15.9. The van der Waals surface area contributed by atoms with Gasteiger partial charge in [0, 0.05) is 37.0 Å². The van der Waals surface area contributed by atoms with Gasteiger partial charge in [-0.1, -0.05) is 0 Å². The number of pyridine rings is 2. The number of piperidine rings is 1. The average molecular weight is 454 g/mol. The molecule has 172 valence electrons. The first-order valence-corrected chi connectivity index (χ1v) is 10.4. The third-order valence-corrected chi connectivity index (χ3v) is 5.50. The van der Waals surface area contributed by atoms with E-state index in [-0.39, 0.29) is 34.4 Å². The van der Waals surface area contributed by atoms with Crippen LogP contribution in [0.1, 0.15) is 23.3 Å². The van der Waals surface area contributed by atoms with Crippen molar-refractivity contribution in [2.24, 2.45) is 5.73 Å². The molecule has 0 saturated carbocycles. The van der Waals surface area contributed by atoms with E-state index >= 15 is 0 Å². The number of rotatable bonds is 5. The Morgan fingerprint density at radius 3 is 2.82 bits per heavy atom. The zero-order valence-corrected chi connectivity index (χ0v) is 18.0. The van der Waals surface area contributed by atoms with Crippen LogP contribution < -0.4 is 26.4 Å². The molecule has 0 spiro atoms. The molecule has 4 rings (SSSR count). The van der Waals surface area contributed by atoms with Crippen molar-refractivity contribution >= 4 is 23.0 Å². The van der Waals surface area contributed by atoms with E-state index in [9.17, 15) is 13.6 Å². The lowest BCUT2D eigenvalue weighted by Gasteiger charge is -2.33. The lowest BCUT2D eigenvalue weighted by Crippen LogP contribution is -2.43. The number of nitrogens with zero attached hydrogens (tertiary/aromatic N) is 3. The maximum Gasteiger partial charge on any atom is 0.276 e. The molecule has 0 radical (unpaired) electrons. The van der Waals surface area contributed by atoms with Crippen molar-refractivity contribution in [3.63, 3.8) is 0 Å². The number of carbonyl (C=O) groups is 1. The molecule has 1 aliphatic heterocycles. The van der Waals surface area contributed by atoms with Gasteiger partial charge in [0.1, 0.15) is 5.82 Å². The number of aromatic nitrogens is 2. The standard InChI is InChI=1S/C23H24F2N6O2/c1-33-21-10-15(24)14(9-16(21)25)18-5-4-17(27)22(29-18)23(32)30-19-11-28-7-6-20(19)31-8-2-3-13(26)12-31/h4-7,9-11,13H,2-3,8,12,26-27H2,1H3,(H,30,32)/t13-/m0/s1. The summed E-state index contributed by atoms with van der Waals surface area (Å²) in [4.78, 5) is 23.5. The predicted molar refractivity (Wildman–Crippen MR) is 122 cm³/mol. The lowest BCUT2D eigenvalue weighted by atomic mass is 10.1. The minimum absolute atomic E-state index is 0.0456. The summed E-state index contributed by atoms with van der Waals surface area (Å²) in [5.41, 5.74) is 13.3. The van der Waals surface area contributed by atoms with E-state index < -0.39 is 17.5 Å². The second-order valence-corrected chi connectivity index (χ2v) is 7.80. The van der Waals surface area contributed by atoms with Crippen LogP contribution in [0.2, 0.25) is 0 Å². The maximum absolute atomic E-state index is 14.5. The van der Waals surface area contributed by atoms with E-state index in [0.717, 1.165) is 37.2 Å². The molecule has 8 nitrogen and oxygen atoms in total.